The summed E-state index contributed by atoms with van der Waals surface area (Å²) in [5.41, 5.74) is 3.50. The van der Waals surface area contributed by atoms with Crippen LogP contribution in [0.25, 0.3) is 0 Å². The number of nitrogens with zero attached hydrogens (tertiary/aromatic N) is 1. The van der Waals surface area contributed by atoms with E-state index in [1.54, 1.807) is 0 Å². The molecule has 0 atom stereocenters. The molecule has 1 nitrogen and oxygen atoms in total. The Morgan fingerprint density at radius 2 is 1.76 bits per heavy atom. The number of rotatable bonds is 1. The molecule has 17 heavy (non-hydrogen) atoms. The van der Waals surface area contributed by atoms with Gasteiger partial charge in [-0.25, -0.2) is 0 Å². The van der Waals surface area contributed by atoms with Crippen LogP contribution in [0.15, 0.2) is 53.5 Å². The molecule has 1 aliphatic heterocycles. The number of benzene rings is 2. The molecule has 0 radical (unpaired) electrons. The Morgan fingerprint density at radius 3 is 2.59 bits per heavy atom. The summed E-state index contributed by atoms with van der Waals surface area (Å²) in [4.78, 5) is 4.73. The topological polar surface area (TPSA) is 12.4 Å². The van der Waals surface area contributed by atoms with Gasteiger partial charge >= 0.3 is 112 Å². The second kappa shape index (κ2) is 4.66. The molecule has 0 N–H and O–H groups in total. The molecule has 2 aromatic rings. The predicted octanol–water partition coefficient (Wildman–Crippen LogP) is 3.22. The molecular weight excluding hydrogens is 297 g/mol. The molecule has 3 heteroatoms. The van der Waals surface area contributed by atoms with Crippen LogP contribution in [0, 0.1) is 0 Å². The van der Waals surface area contributed by atoms with Crippen molar-refractivity contribution in [1.82, 2.24) is 0 Å². The van der Waals surface area contributed by atoms with Crippen molar-refractivity contribution in [2.45, 2.75) is 5.32 Å². The van der Waals surface area contributed by atoms with Gasteiger partial charge in [0.2, 0.25) is 0 Å². The Kier molecular flexibility index (Phi) is 3.02. The molecule has 0 saturated carbocycles. The quantitative estimate of drug-likeness (QED) is 0.717. The molecule has 0 bridgehead atoms. The zero-order chi connectivity index (χ0) is 11.7. The third-order valence-corrected chi connectivity index (χ3v) is 5.17. The Hall–Kier alpha value is -1.08. The number of halogens is 1. The fraction of sp³-hybridized carbons (Fsp3) is 0.0714. The molecule has 0 aliphatic carbocycles. The van der Waals surface area contributed by atoms with Gasteiger partial charge in [-0.15, -0.1) is 0 Å². The van der Waals surface area contributed by atoms with Gasteiger partial charge in [0.15, 0.2) is 0 Å². The van der Waals surface area contributed by atoms with Crippen LogP contribution >= 0.6 is 11.6 Å². The van der Waals surface area contributed by atoms with E-state index in [0.29, 0.717) is 15.0 Å². The summed E-state index contributed by atoms with van der Waals surface area (Å²) >= 11 is 6.39. The molecule has 2 aromatic carbocycles. The van der Waals surface area contributed by atoms with Gasteiger partial charge in [-0.05, 0) is 0 Å². The van der Waals surface area contributed by atoms with E-state index in [0.717, 1.165) is 16.0 Å². The van der Waals surface area contributed by atoms with Crippen LogP contribution in [-0.4, -0.2) is 20.7 Å². The Labute approximate surface area is 112 Å². The number of fused-ring (bicyclic) bond motifs is 1. The summed E-state index contributed by atoms with van der Waals surface area (Å²) in [6, 6.07) is 16.3. The summed E-state index contributed by atoms with van der Waals surface area (Å²) in [6.45, 7) is 0. The van der Waals surface area contributed by atoms with Gasteiger partial charge in [-0.1, -0.05) is 0 Å². The molecule has 0 aromatic heterocycles. The Bertz CT molecular complexity index is 575. The third kappa shape index (κ3) is 2.30. The average molecular weight is 307 g/mol. The normalized spacial score (nSPS) is 14.1. The second-order valence-electron chi connectivity index (χ2n) is 3.82. The first-order chi connectivity index (χ1) is 8.33. The van der Waals surface area contributed by atoms with Gasteiger partial charge in [-0.3, -0.25) is 0 Å². The molecule has 0 fully saturated rings. The summed E-state index contributed by atoms with van der Waals surface area (Å²) in [5.74, 6) is 0. The molecule has 1 aliphatic rings. The molecule has 84 valence electrons. The van der Waals surface area contributed by atoms with E-state index in [9.17, 15) is 0 Å². The van der Waals surface area contributed by atoms with Crippen LogP contribution in [0.4, 0.5) is 5.69 Å². The predicted molar refractivity (Wildman–Crippen MR) is 74.3 cm³/mol. The minimum absolute atomic E-state index is 0.493. The van der Waals surface area contributed by atoms with E-state index in [-0.39, 0.29) is 0 Å². The molecule has 0 unspecified atom stereocenters. The van der Waals surface area contributed by atoms with Crippen LogP contribution in [0.2, 0.25) is 10.3 Å². The van der Waals surface area contributed by atoms with Gasteiger partial charge in [0.25, 0.3) is 0 Å². The van der Waals surface area contributed by atoms with Crippen molar-refractivity contribution in [1.29, 1.82) is 0 Å². The average Bonchev–Trinajstić information content (AvgIpc) is 2.39. The molecule has 1 heterocycles. The summed E-state index contributed by atoms with van der Waals surface area (Å²) in [6.07, 6.45) is 0. The maximum atomic E-state index is 5.90. The van der Waals surface area contributed by atoms with Gasteiger partial charge in [0.05, 0.1) is 0 Å². The first-order valence-corrected chi connectivity index (χ1v) is 7.83. The maximum absolute atomic E-state index is 5.90. The SMILES string of the molecule is Clc1ccc(C2=Nc3ccccc3[Se]C2)cc1. The van der Waals surface area contributed by atoms with Crippen LogP contribution in [0.1, 0.15) is 5.56 Å². The molecule has 0 amide bonds. The summed E-state index contributed by atoms with van der Waals surface area (Å²) in [5, 5.41) is 1.84. The first-order valence-electron chi connectivity index (χ1n) is 5.38. The van der Waals surface area contributed by atoms with Crippen LogP contribution in [0.3, 0.4) is 0 Å². The van der Waals surface area contributed by atoms with Crippen molar-refractivity contribution in [2.24, 2.45) is 4.99 Å². The van der Waals surface area contributed by atoms with E-state index in [1.807, 2.05) is 30.3 Å². The van der Waals surface area contributed by atoms with Crippen molar-refractivity contribution in [3.05, 3.63) is 59.1 Å². The monoisotopic (exact) mass is 307 g/mol. The van der Waals surface area contributed by atoms with E-state index in [1.165, 1.54) is 15.7 Å². The van der Waals surface area contributed by atoms with Gasteiger partial charge in [0, 0.05) is 0 Å². The second-order valence-corrected chi connectivity index (χ2v) is 6.39. The number of aliphatic imine (C=N–C) groups is 1. The van der Waals surface area contributed by atoms with Crippen LogP contribution < -0.4 is 4.46 Å². The van der Waals surface area contributed by atoms with Crippen molar-refractivity contribution in [2.75, 3.05) is 0 Å². The number of hydrogen-bond donors (Lipinski definition) is 0. The van der Waals surface area contributed by atoms with Gasteiger partial charge < -0.3 is 0 Å². The third-order valence-electron chi connectivity index (χ3n) is 2.66. The molecule has 0 spiro atoms. The minimum atomic E-state index is 0.493. The zero-order valence-electron chi connectivity index (χ0n) is 9.06. The summed E-state index contributed by atoms with van der Waals surface area (Å²) < 4.78 is 1.40. The van der Waals surface area contributed by atoms with Crippen molar-refractivity contribution in [3.63, 3.8) is 0 Å². The zero-order valence-corrected chi connectivity index (χ0v) is 11.5. The molecule has 3 rings (SSSR count). The van der Waals surface area contributed by atoms with Gasteiger partial charge in [0.1, 0.15) is 0 Å². The molecular formula is C14H10ClNSe. The van der Waals surface area contributed by atoms with E-state index in [2.05, 4.69) is 18.2 Å². The first kappa shape index (κ1) is 11.0. The van der Waals surface area contributed by atoms with E-state index < -0.39 is 0 Å². The molecule has 0 saturated heterocycles. The fourth-order valence-electron chi connectivity index (χ4n) is 1.79. The fourth-order valence-corrected chi connectivity index (χ4v) is 3.93. The van der Waals surface area contributed by atoms with Crippen LogP contribution in [0.5, 0.6) is 0 Å². The standard InChI is InChI=1S/C14H10ClNSe/c15-11-7-5-10(6-8-11)13-9-17-14-4-2-1-3-12(14)16-13/h1-8H,9H2. The van der Waals surface area contributed by atoms with Crippen LogP contribution in [-0.2, 0) is 0 Å². The van der Waals surface area contributed by atoms with E-state index in [4.69, 9.17) is 16.6 Å². The summed E-state index contributed by atoms with van der Waals surface area (Å²) in [7, 11) is 0. The van der Waals surface area contributed by atoms with Gasteiger partial charge in [-0.2, -0.15) is 0 Å². The number of hydrogen-bond acceptors (Lipinski definition) is 1. The Balaban J connectivity index is 2.01. The van der Waals surface area contributed by atoms with Crippen molar-refractivity contribution in [3.8, 4) is 0 Å². The number of para-hydroxylation sites is 1. The van der Waals surface area contributed by atoms with E-state index >= 15 is 0 Å². The van der Waals surface area contributed by atoms with Crippen molar-refractivity contribution >= 4 is 42.4 Å². The Morgan fingerprint density at radius 1 is 1.00 bits per heavy atom. The van der Waals surface area contributed by atoms with Crippen molar-refractivity contribution < 1.29 is 0 Å².